The van der Waals surface area contributed by atoms with Gasteiger partial charge in [-0.3, -0.25) is 9.59 Å². The summed E-state index contributed by atoms with van der Waals surface area (Å²) < 4.78 is 4.39. The lowest BCUT2D eigenvalue weighted by atomic mass is 10.4. The van der Waals surface area contributed by atoms with Crippen LogP contribution < -0.4 is 5.68 Å². The highest BCUT2D eigenvalue weighted by atomic mass is 16.4. The first-order valence-corrected chi connectivity index (χ1v) is 2.60. The van der Waals surface area contributed by atoms with Crippen LogP contribution >= 0.6 is 0 Å². The van der Waals surface area contributed by atoms with Gasteiger partial charge in [-0.05, 0) is 0 Å². The van der Waals surface area contributed by atoms with Crippen molar-refractivity contribution in [3.8, 4) is 0 Å². The van der Waals surface area contributed by atoms with E-state index in [4.69, 9.17) is 5.41 Å². The van der Waals surface area contributed by atoms with Crippen LogP contribution in [0.4, 0.5) is 0 Å². The Hall–Kier alpha value is -1.85. The fraction of sp³-hybridized carbons (Fsp3) is 0. The summed E-state index contributed by atoms with van der Waals surface area (Å²) in [6.07, 6.45) is 1.04. The van der Waals surface area contributed by atoms with Crippen molar-refractivity contribution in [1.82, 2.24) is 9.97 Å². The van der Waals surface area contributed by atoms with E-state index in [9.17, 15) is 9.59 Å². The second kappa shape index (κ2) is 2.82. The maximum absolute atomic E-state index is 10.5. The highest BCUT2D eigenvalue weighted by Crippen LogP contribution is 1.85. The minimum atomic E-state index is -0.902. The number of aromatic nitrogens is 2. The van der Waals surface area contributed by atoms with E-state index in [2.05, 4.69) is 14.4 Å². The molecule has 11 heavy (non-hydrogen) atoms. The van der Waals surface area contributed by atoms with Crippen LogP contribution in [0, 0.1) is 5.41 Å². The van der Waals surface area contributed by atoms with Gasteiger partial charge in [0.2, 0.25) is 0 Å². The molecule has 0 spiro atoms. The van der Waals surface area contributed by atoms with Crippen LogP contribution in [0.1, 0.15) is 10.7 Å². The van der Waals surface area contributed by atoms with Gasteiger partial charge >= 0.3 is 5.68 Å². The van der Waals surface area contributed by atoms with E-state index in [1.54, 1.807) is 0 Å². The highest BCUT2D eigenvalue weighted by Gasteiger charge is 2.07. The molecule has 0 aromatic carbocycles. The molecule has 6 heteroatoms. The first-order chi connectivity index (χ1) is 5.24. The molecule has 1 aromatic heterocycles. The summed E-state index contributed by atoms with van der Waals surface area (Å²) in [5, 5.41) is 6.82. The predicted molar refractivity (Wildman–Crippen MR) is 30.5 cm³/mol. The third-order valence-electron chi connectivity index (χ3n) is 0.861. The Morgan fingerprint density at radius 1 is 1.64 bits per heavy atom. The van der Waals surface area contributed by atoms with Gasteiger partial charge in [-0.2, -0.15) is 9.97 Å². The molecule has 56 valence electrons. The summed E-state index contributed by atoms with van der Waals surface area (Å²) in [5.41, 5.74) is -0.454. The Bertz CT molecular complexity index is 343. The van der Waals surface area contributed by atoms with E-state index in [1.165, 1.54) is 0 Å². The second-order valence-electron chi connectivity index (χ2n) is 1.57. The first-order valence-electron chi connectivity index (χ1n) is 2.60. The van der Waals surface area contributed by atoms with Crippen LogP contribution in [0.2, 0.25) is 0 Å². The van der Waals surface area contributed by atoms with Crippen LogP contribution in [-0.2, 0) is 4.79 Å². The van der Waals surface area contributed by atoms with Gasteiger partial charge in [-0.15, -0.1) is 0 Å². The van der Waals surface area contributed by atoms with E-state index in [0.717, 1.165) is 6.33 Å². The Labute approximate surface area is 60.4 Å². The number of Topliss-reactive ketones (excluding diaryl/α,β-unsaturated/α-hetero) is 1. The molecule has 1 heterocycles. The number of nitrogens with one attached hydrogen (secondary N) is 1. The molecule has 0 bridgehead atoms. The molecule has 0 fully saturated rings. The smallest absolute Gasteiger partial charge is 0.317 e. The zero-order valence-electron chi connectivity index (χ0n) is 5.27. The third-order valence-corrected chi connectivity index (χ3v) is 0.861. The maximum Gasteiger partial charge on any atom is 0.317 e. The van der Waals surface area contributed by atoms with Gasteiger partial charge in [-0.25, -0.2) is 5.41 Å². The van der Waals surface area contributed by atoms with Crippen molar-refractivity contribution in [3.63, 3.8) is 0 Å². The number of aldehydes is 1. The molecule has 6 nitrogen and oxygen atoms in total. The van der Waals surface area contributed by atoms with Crippen molar-refractivity contribution >= 4 is 12.1 Å². The monoisotopic (exact) mass is 153 g/mol. The minimum absolute atomic E-state index is 0.0608. The minimum Gasteiger partial charge on any atom is -0.401 e. The molecule has 0 aliphatic heterocycles. The Kier molecular flexibility index (Phi) is 1.86. The van der Waals surface area contributed by atoms with E-state index in [0.29, 0.717) is 0 Å². The van der Waals surface area contributed by atoms with Crippen molar-refractivity contribution in [2.45, 2.75) is 0 Å². The van der Waals surface area contributed by atoms with Gasteiger partial charge in [0.15, 0.2) is 6.29 Å². The normalized spacial score (nSPS) is 9.09. The van der Waals surface area contributed by atoms with Gasteiger partial charge in [0.05, 0.1) is 0 Å². The molecule has 0 saturated heterocycles. The number of carbonyl (C=O) groups is 2. The molecule has 0 unspecified atom stereocenters. The van der Waals surface area contributed by atoms with Crippen molar-refractivity contribution < 1.29 is 14.0 Å². The highest BCUT2D eigenvalue weighted by molar-refractivity contribution is 6.31. The average Bonchev–Trinajstić information content (AvgIpc) is 2.03. The fourth-order valence-electron chi connectivity index (χ4n) is 0.442. The molecule has 0 atom stereocenters. The third kappa shape index (κ3) is 1.54. The quantitative estimate of drug-likeness (QED) is 0.331. The lowest BCUT2D eigenvalue weighted by Crippen LogP contribution is -2.11. The molecule has 0 amide bonds. The Morgan fingerprint density at radius 2 is 2.36 bits per heavy atom. The standard InChI is InChI=1S/C5H3N3O3/c6-5-8-2-7-4(11-5)3(10)1-9/h1-2,6H. The zero-order chi connectivity index (χ0) is 8.27. The molecule has 0 aliphatic carbocycles. The number of rotatable bonds is 2. The first kappa shape index (κ1) is 7.26. The number of carbonyl (C=O) groups excluding carboxylic acids is 2. The van der Waals surface area contributed by atoms with Gasteiger partial charge in [0.25, 0.3) is 11.7 Å². The maximum atomic E-state index is 10.5. The number of nitrogens with zero attached hydrogens (tertiary/aromatic N) is 2. The molecule has 0 saturated carbocycles. The predicted octanol–water partition coefficient (Wildman–Crippen LogP) is -1.07. The van der Waals surface area contributed by atoms with Crippen LogP contribution in [-0.4, -0.2) is 22.0 Å². The molecular formula is C5H3N3O3. The molecule has 1 rings (SSSR count). The average molecular weight is 153 g/mol. The molecule has 1 aromatic rings. The summed E-state index contributed by atoms with van der Waals surface area (Å²) in [5.74, 6) is -1.32. The molecule has 0 radical (unpaired) electrons. The van der Waals surface area contributed by atoms with Crippen LogP contribution in [0.15, 0.2) is 10.7 Å². The summed E-state index contributed by atoms with van der Waals surface area (Å²) >= 11 is 0. The lowest BCUT2D eigenvalue weighted by Gasteiger charge is -1.87. The fourth-order valence-corrected chi connectivity index (χ4v) is 0.442. The number of hydrogen-bond donors (Lipinski definition) is 1. The lowest BCUT2D eigenvalue weighted by molar-refractivity contribution is -0.104. The summed E-state index contributed by atoms with van der Waals surface area (Å²) in [6.45, 7) is 0. The Balaban J connectivity index is 3.15. The summed E-state index contributed by atoms with van der Waals surface area (Å²) in [4.78, 5) is 27.0. The number of ketones is 1. The van der Waals surface area contributed by atoms with Crippen molar-refractivity contribution in [2.24, 2.45) is 0 Å². The van der Waals surface area contributed by atoms with E-state index in [-0.39, 0.29) is 6.29 Å². The van der Waals surface area contributed by atoms with Gasteiger partial charge in [0, 0.05) is 0 Å². The molecule has 0 aliphatic rings. The van der Waals surface area contributed by atoms with Crippen molar-refractivity contribution in [3.05, 3.63) is 17.9 Å². The van der Waals surface area contributed by atoms with Gasteiger partial charge in [-0.1, -0.05) is 0 Å². The number of hydrogen-bond acceptors (Lipinski definition) is 6. The van der Waals surface area contributed by atoms with Crippen molar-refractivity contribution in [2.75, 3.05) is 0 Å². The van der Waals surface area contributed by atoms with Crippen LogP contribution in [0.25, 0.3) is 0 Å². The van der Waals surface area contributed by atoms with Gasteiger partial charge < -0.3 is 4.42 Å². The van der Waals surface area contributed by atoms with E-state index in [1.807, 2.05) is 0 Å². The van der Waals surface area contributed by atoms with E-state index < -0.39 is 17.4 Å². The van der Waals surface area contributed by atoms with Crippen LogP contribution in [0.5, 0.6) is 0 Å². The van der Waals surface area contributed by atoms with E-state index >= 15 is 0 Å². The largest absolute Gasteiger partial charge is 0.401 e. The zero-order valence-corrected chi connectivity index (χ0v) is 5.27. The molecule has 1 N–H and O–H groups in total. The second-order valence-corrected chi connectivity index (χ2v) is 1.57. The summed E-state index contributed by atoms with van der Waals surface area (Å²) in [7, 11) is 0. The topological polar surface area (TPSA) is 96.9 Å². The van der Waals surface area contributed by atoms with Crippen molar-refractivity contribution in [1.29, 1.82) is 5.41 Å². The van der Waals surface area contributed by atoms with Gasteiger partial charge in [0.1, 0.15) is 6.33 Å². The summed E-state index contributed by atoms with van der Waals surface area (Å²) in [6, 6.07) is 0. The SMILES string of the molecule is N=c1ncnc(C(=O)C=O)o1. The Morgan fingerprint density at radius 3 is 2.91 bits per heavy atom. The molecular weight excluding hydrogens is 150 g/mol. The van der Waals surface area contributed by atoms with Crippen LogP contribution in [0.3, 0.4) is 0 Å².